The van der Waals surface area contributed by atoms with Crippen LogP contribution in [-0.4, -0.2) is 15.0 Å². The van der Waals surface area contributed by atoms with Crippen molar-refractivity contribution in [3.8, 4) is 45.3 Å². The van der Waals surface area contributed by atoms with Crippen molar-refractivity contribution in [2.45, 2.75) is 5.41 Å². The Hall–Kier alpha value is -6.71. The lowest BCUT2D eigenvalue weighted by molar-refractivity contribution is 0.775. The summed E-state index contributed by atoms with van der Waals surface area (Å²) in [6.45, 7) is 0. The number of aromatic nitrogens is 3. The number of hydrogen-bond acceptors (Lipinski definition) is 3. The molecule has 0 bridgehead atoms. The molecule has 0 amide bonds. The molecule has 0 radical (unpaired) electrons. The van der Waals surface area contributed by atoms with Crippen LogP contribution in [0.25, 0.3) is 66.8 Å². The highest BCUT2D eigenvalue weighted by Gasteiger charge is 2.47. The van der Waals surface area contributed by atoms with E-state index in [0.717, 1.165) is 27.5 Å². The second-order valence-electron chi connectivity index (χ2n) is 13.2. The lowest BCUT2D eigenvalue weighted by Crippen LogP contribution is -2.28. The Morgan fingerprint density at radius 1 is 0.333 bits per heavy atom. The maximum atomic E-state index is 5.22. The molecule has 0 aliphatic heterocycles. The Bertz CT molecular complexity index is 2700. The van der Waals surface area contributed by atoms with E-state index in [-0.39, 0.29) is 0 Å². The summed E-state index contributed by atoms with van der Waals surface area (Å²) in [7, 11) is 0. The molecule has 1 aliphatic carbocycles. The van der Waals surface area contributed by atoms with Crippen LogP contribution in [-0.2, 0) is 5.41 Å². The van der Waals surface area contributed by atoms with Crippen molar-refractivity contribution in [1.29, 1.82) is 0 Å². The van der Waals surface area contributed by atoms with Gasteiger partial charge < -0.3 is 0 Å². The molecular formula is C48H31N3. The van der Waals surface area contributed by atoms with E-state index >= 15 is 0 Å². The molecule has 1 aromatic heterocycles. The molecule has 51 heavy (non-hydrogen) atoms. The van der Waals surface area contributed by atoms with Gasteiger partial charge in [0.25, 0.3) is 0 Å². The first-order chi connectivity index (χ1) is 25.3. The molecule has 0 spiro atoms. The van der Waals surface area contributed by atoms with Crippen LogP contribution >= 0.6 is 0 Å². The van der Waals surface area contributed by atoms with Crippen LogP contribution in [0.3, 0.4) is 0 Å². The van der Waals surface area contributed by atoms with Crippen LogP contribution in [0.2, 0.25) is 0 Å². The van der Waals surface area contributed by atoms with Crippen molar-refractivity contribution in [3.05, 3.63) is 210 Å². The Morgan fingerprint density at radius 3 is 1.67 bits per heavy atom. The Morgan fingerprint density at radius 2 is 0.922 bits per heavy atom. The van der Waals surface area contributed by atoms with Crippen molar-refractivity contribution >= 4 is 21.5 Å². The smallest absolute Gasteiger partial charge is 0.164 e. The molecule has 9 aromatic rings. The SMILES string of the molecule is c1ccc(-c2nc(-c3ccc4ccccc4c3)nc(-c3cccc4c5c(ccc34)-c3ccccc3C5(c3ccccc3)c3ccccc3)n2)cc1. The van der Waals surface area contributed by atoms with Crippen molar-refractivity contribution in [1.82, 2.24) is 15.0 Å². The number of hydrogen-bond donors (Lipinski definition) is 0. The summed E-state index contributed by atoms with van der Waals surface area (Å²) >= 11 is 0. The van der Waals surface area contributed by atoms with Gasteiger partial charge in [-0.1, -0.05) is 182 Å². The first-order valence-electron chi connectivity index (χ1n) is 17.4. The van der Waals surface area contributed by atoms with Gasteiger partial charge >= 0.3 is 0 Å². The molecule has 0 unspecified atom stereocenters. The number of benzene rings is 8. The van der Waals surface area contributed by atoms with Gasteiger partial charge in [-0.2, -0.15) is 0 Å². The van der Waals surface area contributed by atoms with Gasteiger partial charge in [0.05, 0.1) is 5.41 Å². The third-order valence-corrected chi connectivity index (χ3v) is 10.4. The predicted octanol–water partition coefficient (Wildman–Crippen LogP) is 11.5. The molecule has 8 aromatic carbocycles. The van der Waals surface area contributed by atoms with Crippen LogP contribution in [0.1, 0.15) is 22.3 Å². The molecule has 3 nitrogen and oxygen atoms in total. The average molecular weight is 650 g/mol. The van der Waals surface area contributed by atoms with E-state index in [1.54, 1.807) is 0 Å². The summed E-state index contributed by atoms with van der Waals surface area (Å²) in [6.07, 6.45) is 0. The second-order valence-corrected chi connectivity index (χ2v) is 13.2. The first-order valence-corrected chi connectivity index (χ1v) is 17.4. The van der Waals surface area contributed by atoms with Gasteiger partial charge in [-0.15, -0.1) is 0 Å². The monoisotopic (exact) mass is 649 g/mol. The molecule has 10 rings (SSSR count). The lowest BCUT2D eigenvalue weighted by Gasteiger charge is -2.34. The minimum absolute atomic E-state index is 0.517. The molecule has 1 heterocycles. The summed E-state index contributed by atoms with van der Waals surface area (Å²) in [5, 5.41) is 4.62. The molecular weight excluding hydrogens is 619 g/mol. The molecule has 0 atom stereocenters. The maximum absolute atomic E-state index is 5.22. The number of rotatable bonds is 5. The first kappa shape index (κ1) is 29.2. The van der Waals surface area contributed by atoms with Crippen LogP contribution in [0.4, 0.5) is 0 Å². The fourth-order valence-electron chi connectivity index (χ4n) is 8.17. The number of fused-ring (bicyclic) bond motifs is 6. The van der Waals surface area contributed by atoms with E-state index in [4.69, 9.17) is 15.0 Å². The highest BCUT2D eigenvalue weighted by molar-refractivity contribution is 6.05. The fraction of sp³-hybridized carbons (Fsp3) is 0.0208. The minimum Gasteiger partial charge on any atom is -0.208 e. The Labute approximate surface area is 296 Å². The van der Waals surface area contributed by atoms with Crippen molar-refractivity contribution < 1.29 is 0 Å². The van der Waals surface area contributed by atoms with E-state index in [1.807, 2.05) is 18.2 Å². The highest BCUT2D eigenvalue weighted by Crippen LogP contribution is 2.58. The fourth-order valence-corrected chi connectivity index (χ4v) is 8.17. The Balaban J connectivity index is 1.26. The summed E-state index contributed by atoms with van der Waals surface area (Å²) in [4.78, 5) is 15.4. The van der Waals surface area contributed by atoms with E-state index < -0.39 is 5.41 Å². The largest absolute Gasteiger partial charge is 0.208 e. The number of nitrogens with zero attached hydrogens (tertiary/aromatic N) is 3. The van der Waals surface area contributed by atoms with E-state index in [1.165, 1.54) is 44.2 Å². The normalized spacial score (nSPS) is 12.9. The maximum Gasteiger partial charge on any atom is 0.164 e. The predicted molar refractivity (Wildman–Crippen MR) is 208 cm³/mol. The molecule has 3 heteroatoms. The van der Waals surface area contributed by atoms with Crippen LogP contribution < -0.4 is 0 Å². The van der Waals surface area contributed by atoms with E-state index in [0.29, 0.717) is 17.5 Å². The summed E-state index contributed by atoms with van der Waals surface area (Å²) in [5.74, 6) is 1.95. The highest BCUT2D eigenvalue weighted by atomic mass is 15.0. The zero-order chi connectivity index (χ0) is 33.8. The molecule has 0 saturated heterocycles. The second kappa shape index (κ2) is 11.7. The molecule has 0 N–H and O–H groups in total. The van der Waals surface area contributed by atoms with Crippen LogP contribution in [0, 0.1) is 0 Å². The average Bonchev–Trinajstić information content (AvgIpc) is 3.53. The quantitative estimate of drug-likeness (QED) is 0.186. The zero-order valence-electron chi connectivity index (χ0n) is 27.7. The third-order valence-electron chi connectivity index (χ3n) is 10.4. The molecule has 0 saturated carbocycles. The summed E-state index contributed by atoms with van der Waals surface area (Å²) in [5.41, 5.74) is 9.94. The van der Waals surface area contributed by atoms with Crippen molar-refractivity contribution in [2.24, 2.45) is 0 Å². The van der Waals surface area contributed by atoms with E-state index in [9.17, 15) is 0 Å². The molecule has 0 fully saturated rings. The van der Waals surface area contributed by atoms with Crippen molar-refractivity contribution in [3.63, 3.8) is 0 Å². The minimum atomic E-state index is -0.517. The topological polar surface area (TPSA) is 38.7 Å². The standard InChI is InChI=1S/C48H31N3/c1-4-16-33(17-5-1)45-49-46(35-28-27-32-15-10-11-18-34(32)31-35)51-47(50-45)42-25-14-24-40-38(42)29-30-41-39-23-12-13-26-43(39)48(44(40)41,36-19-6-2-7-20-36)37-21-8-3-9-22-37/h1-31H. The molecule has 1 aliphatic rings. The van der Waals surface area contributed by atoms with E-state index in [2.05, 4.69) is 170 Å². The van der Waals surface area contributed by atoms with Gasteiger partial charge in [-0.25, -0.2) is 15.0 Å². The summed E-state index contributed by atoms with van der Waals surface area (Å²) < 4.78 is 0. The van der Waals surface area contributed by atoms with Gasteiger partial charge in [0.1, 0.15) is 0 Å². The van der Waals surface area contributed by atoms with Crippen LogP contribution in [0.15, 0.2) is 188 Å². The van der Waals surface area contributed by atoms with Gasteiger partial charge in [-0.3, -0.25) is 0 Å². The lowest BCUT2D eigenvalue weighted by atomic mass is 9.66. The third kappa shape index (κ3) is 4.56. The van der Waals surface area contributed by atoms with Gasteiger partial charge in [0.15, 0.2) is 17.5 Å². The van der Waals surface area contributed by atoms with Crippen molar-refractivity contribution in [2.75, 3.05) is 0 Å². The van der Waals surface area contributed by atoms with Gasteiger partial charge in [-0.05, 0) is 61.0 Å². The Kier molecular flexibility index (Phi) is 6.71. The summed E-state index contributed by atoms with van der Waals surface area (Å²) in [6, 6.07) is 67.0. The zero-order valence-corrected chi connectivity index (χ0v) is 27.7. The van der Waals surface area contributed by atoms with Gasteiger partial charge in [0.2, 0.25) is 0 Å². The molecule has 238 valence electrons. The van der Waals surface area contributed by atoms with Gasteiger partial charge in [0, 0.05) is 16.7 Å². The van der Waals surface area contributed by atoms with Crippen LogP contribution in [0.5, 0.6) is 0 Å².